The van der Waals surface area contributed by atoms with Crippen LogP contribution in [0.15, 0.2) is 54.6 Å². The zero-order valence-electron chi connectivity index (χ0n) is 17.8. The maximum absolute atomic E-state index is 13.0. The summed E-state index contributed by atoms with van der Waals surface area (Å²) in [6.45, 7) is 4.04. The Labute approximate surface area is 178 Å². The van der Waals surface area contributed by atoms with Crippen LogP contribution in [0.3, 0.4) is 0 Å². The highest BCUT2D eigenvalue weighted by Gasteiger charge is 2.34. The first kappa shape index (κ1) is 21.8. The SMILES string of the molecule is CCc1ccc(C2CC(C(=O)Nc3ccccc3)CN(C(=O)NCCOC)C2)cc1. The number of benzene rings is 2. The van der Waals surface area contributed by atoms with Gasteiger partial charge in [-0.25, -0.2) is 4.79 Å². The lowest BCUT2D eigenvalue weighted by atomic mass is 9.83. The molecule has 2 atom stereocenters. The first-order valence-corrected chi connectivity index (χ1v) is 10.6. The Morgan fingerprint density at radius 1 is 1.07 bits per heavy atom. The number of piperidine rings is 1. The number of aryl methyl sites for hydroxylation is 1. The van der Waals surface area contributed by atoms with Crippen LogP contribution in [0.1, 0.15) is 30.4 Å². The van der Waals surface area contributed by atoms with Crippen LogP contribution in [0, 0.1) is 5.92 Å². The number of amides is 3. The summed E-state index contributed by atoms with van der Waals surface area (Å²) >= 11 is 0. The molecular formula is C24H31N3O3. The molecule has 2 aromatic rings. The minimum Gasteiger partial charge on any atom is -0.383 e. The van der Waals surface area contributed by atoms with E-state index >= 15 is 0 Å². The van der Waals surface area contributed by atoms with Gasteiger partial charge in [0.2, 0.25) is 5.91 Å². The number of carbonyl (C=O) groups excluding carboxylic acids is 2. The summed E-state index contributed by atoms with van der Waals surface area (Å²) in [5, 5.41) is 5.88. The minimum absolute atomic E-state index is 0.0502. The normalized spacial score (nSPS) is 18.7. The molecule has 0 aromatic heterocycles. The molecule has 1 fully saturated rings. The summed E-state index contributed by atoms with van der Waals surface area (Å²) < 4.78 is 5.02. The number of anilines is 1. The van der Waals surface area contributed by atoms with Crippen LogP contribution in [0.25, 0.3) is 0 Å². The molecule has 1 aliphatic heterocycles. The molecule has 3 rings (SSSR count). The highest BCUT2D eigenvalue weighted by molar-refractivity contribution is 5.93. The Kier molecular flexibility index (Phi) is 7.85. The van der Waals surface area contributed by atoms with Gasteiger partial charge < -0.3 is 20.3 Å². The number of hydrogen-bond acceptors (Lipinski definition) is 3. The van der Waals surface area contributed by atoms with E-state index in [2.05, 4.69) is 41.8 Å². The van der Waals surface area contributed by atoms with Crippen LogP contribution in [0.2, 0.25) is 0 Å². The van der Waals surface area contributed by atoms with Gasteiger partial charge in [0.1, 0.15) is 0 Å². The van der Waals surface area contributed by atoms with Crippen LogP contribution in [0.4, 0.5) is 10.5 Å². The molecular weight excluding hydrogens is 378 g/mol. The molecule has 1 heterocycles. The van der Waals surface area contributed by atoms with Gasteiger partial charge in [0.15, 0.2) is 0 Å². The molecule has 0 saturated carbocycles. The Bertz CT molecular complexity index is 823. The number of likely N-dealkylation sites (tertiary alicyclic amines) is 1. The molecule has 30 heavy (non-hydrogen) atoms. The van der Waals surface area contributed by atoms with Crippen LogP contribution in [-0.4, -0.2) is 50.2 Å². The fourth-order valence-corrected chi connectivity index (χ4v) is 3.86. The van der Waals surface area contributed by atoms with Crippen molar-refractivity contribution in [3.8, 4) is 0 Å². The van der Waals surface area contributed by atoms with Crippen molar-refractivity contribution < 1.29 is 14.3 Å². The fourth-order valence-electron chi connectivity index (χ4n) is 3.86. The third-order valence-electron chi connectivity index (χ3n) is 5.59. The van der Waals surface area contributed by atoms with Gasteiger partial charge in [-0.05, 0) is 36.1 Å². The van der Waals surface area contributed by atoms with Gasteiger partial charge in [-0.2, -0.15) is 0 Å². The first-order chi connectivity index (χ1) is 14.6. The summed E-state index contributed by atoms with van der Waals surface area (Å²) in [4.78, 5) is 27.4. The smallest absolute Gasteiger partial charge is 0.317 e. The second-order valence-electron chi connectivity index (χ2n) is 7.71. The number of nitrogens with one attached hydrogen (secondary N) is 2. The quantitative estimate of drug-likeness (QED) is 0.686. The average molecular weight is 410 g/mol. The number of para-hydroxylation sites is 1. The summed E-state index contributed by atoms with van der Waals surface area (Å²) in [5.74, 6) is -0.210. The van der Waals surface area contributed by atoms with Crippen LogP contribution in [-0.2, 0) is 16.0 Å². The van der Waals surface area contributed by atoms with Crippen LogP contribution in [0.5, 0.6) is 0 Å². The van der Waals surface area contributed by atoms with Gasteiger partial charge >= 0.3 is 6.03 Å². The second-order valence-corrected chi connectivity index (χ2v) is 7.71. The molecule has 3 amide bonds. The third-order valence-corrected chi connectivity index (χ3v) is 5.59. The summed E-state index contributed by atoms with van der Waals surface area (Å²) in [7, 11) is 1.60. The summed E-state index contributed by atoms with van der Waals surface area (Å²) in [5.41, 5.74) is 3.22. The molecule has 160 valence electrons. The third kappa shape index (κ3) is 5.83. The van der Waals surface area contributed by atoms with E-state index in [-0.39, 0.29) is 23.8 Å². The maximum atomic E-state index is 13.0. The highest BCUT2D eigenvalue weighted by Crippen LogP contribution is 2.31. The van der Waals surface area contributed by atoms with Crippen molar-refractivity contribution in [1.29, 1.82) is 0 Å². The van der Waals surface area contributed by atoms with Crippen molar-refractivity contribution in [2.24, 2.45) is 5.92 Å². The molecule has 2 N–H and O–H groups in total. The van der Waals surface area contributed by atoms with Gasteiger partial charge in [-0.15, -0.1) is 0 Å². The monoisotopic (exact) mass is 409 g/mol. The Morgan fingerprint density at radius 3 is 2.47 bits per heavy atom. The van der Waals surface area contributed by atoms with Crippen molar-refractivity contribution in [3.63, 3.8) is 0 Å². The van der Waals surface area contributed by atoms with Crippen LogP contribution >= 0.6 is 0 Å². The standard InChI is InChI=1S/C24H31N3O3/c1-3-18-9-11-19(12-10-18)20-15-21(23(28)26-22-7-5-4-6-8-22)17-27(16-20)24(29)25-13-14-30-2/h4-12,20-21H,3,13-17H2,1-2H3,(H,25,29)(H,26,28). The molecule has 0 radical (unpaired) electrons. The zero-order valence-corrected chi connectivity index (χ0v) is 17.8. The number of nitrogens with zero attached hydrogens (tertiary/aromatic N) is 1. The molecule has 0 spiro atoms. The van der Waals surface area contributed by atoms with E-state index in [1.807, 2.05) is 30.3 Å². The van der Waals surface area contributed by atoms with Gasteiger partial charge in [0, 0.05) is 38.3 Å². The van der Waals surface area contributed by atoms with E-state index in [1.165, 1.54) is 11.1 Å². The van der Waals surface area contributed by atoms with Crippen molar-refractivity contribution >= 4 is 17.6 Å². The molecule has 1 aliphatic rings. The maximum Gasteiger partial charge on any atom is 0.317 e. The molecule has 1 saturated heterocycles. The fraction of sp³-hybridized carbons (Fsp3) is 0.417. The molecule has 6 nitrogen and oxygen atoms in total. The van der Waals surface area contributed by atoms with Gasteiger partial charge in [-0.1, -0.05) is 49.4 Å². The number of carbonyl (C=O) groups is 2. The molecule has 0 bridgehead atoms. The first-order valence-electron chi connectivity index (χ1n) is 10.6. The highest BCUT2D eigenvalue weighted by atomic mass is 16.5. The van der Waals surface area contributed by atoms with Gasteiger partial charge in [0.25, 0.3) is 0 Å². The lowest BCUT2D eigenvalue weighted by molar-refractivity contribution is -0.121. The van der Waals surface area contributed by atoms with E-state index in [0.29, 0.717) is 32.7 Å². The molecule has 0 aliphatic carbocycles. The predicted molar refractivity (Wildman–Crippen MR) is 119 cm³/mol. The van der Waals surface area contributed by atoms with Crippen molar-refractivity contribution in [1.82, 2.24) is 10.2 Å². The van der Waals surface area contributed by atoms with Crippen molar-refractivity contribution in [2.45, 2.75) is 25.7 Å². The Morgan fingerprint density at radius 2 is 1.80 bits per heavy atom. The predicted octanol–water partition coefficient (Wildman–Crippen LogP) is 3.65. The van der Waals surface area contributed by atoms with Gasteiger partial charge in [0.05, 0.1) is 12.5 Å². The lowest BCUT2D eigenvalue weighted by Crippen LogP contribution is -2.50. The van der Waals surface area contributed by atoms with E-state index in [1.54, 1.807) is 12.0 Å². The second kappa shape index (κ2) is 10.8. The molecule has 2 aromatic carbocycles. The number of rotatable bonds is 7. The number of urea groups is 1. The number of hydrogen-bond donors (Lipinski definition) is 2. The van der Waals surface area contributed by atoms with E-state index in [4.69, 9.17) is 4.74 Å². The van der Waals surface area contributed by atoms with Crippen molar-refractivity contribution in [2.75, 3.05) is 38.7 Å². The Balaban J connectivity index is 1.75. The van der Waals surface area contributed by atoms with E-state index < -0.39 is 0 Å². The number of ether oxygens (including phenoxy) is 1. The summed E-state index contributed by atoms with van der Waals surface area (Å²) in [6, 6.07) is 17.8. The average Bonchev–Trinajstić information content (AvgIpc) is 2.79. The summed E-state index contributed by atoms with van der Waals surface area (Å²) in [6.07, 6.45) is 1.70. The van der Waals surface area contributed by atoms with E-state index in [0.717, 1.165) is 12.1 Å². The van der Waals surface area contributed by atoms with Crippen molar-refractivity contribution in [3.05, 3.63) is 65.7 Å². The topological polar surface area (TPSA) is 70.7 Å². The largest absolute Gasteiger partial charge is 0.383 e. The van der Waals surface area contributed by atoms with Crippen LogP contribution < -0.4 is 10.6 Å². The zero-order chi connectivity index (χ0) is 21.3. The van der Waals surface area contributed by atoms with E-state index in [9.17, 15) is 9.59 Å². The molecule has 6 heteroatoms. The lowest BCUT2D eigenvalue weighted by Gasteiger charge is -2.37. The Hall–Kier alpha value is -2.86. The molecule has 2 unspecified atom stereocenters. The minimum atomic E-state index is -0.275. The number of methoxy groups -OCH3 is 1. The van der Waals surface area contributed by atoms with Gasteiger partial charge in [-0.3, -0.25) is 4.79 Å².